The number of hydrogen-bond donors (Lipinski definition) is 1. The number of thioether (sulfide) groups is 1. The van der Waals surface area contributed by atoms with Gasteiger partial charge in [0.05, 0.1) is 6.04 Å². The fraction of sp³-hybridized carbons (Fsp3) is 0.462. The van der Waals surface area contributed by atoms with E-state index in [1.54, 1.807) is 17.8 Å². The monoisotopic (exact) mass is 304 g/mol. The molecule has 0 fully saturated rings. The number of rotatable bonds is 2. The SMILES string of the molecule is CC1CC(C)SC(Nc2cccc(OC(F)(F)F)c2)=N1. The maximum absolute atomic E-state index is 12.2. The van der Waals surface area contributed by atoms with Crippen molar-refractivity contribution in [3.8, 4) is 5.75 Å². The van der Waals surface area contributed by atoms with Crippen LogP contribution in [0.1, 0.15) is 20.3 Å². The Labute approximate surface area is 119 Å². The molecule has 0 spiro atoms. The van der Waals surface area contributed by atoms with E-state index >= 15 is 0 Å². The Hall–Kier alpha value is -1.37. The van der Waals surface area contributed by atoms with Crippen LogP contribution in [0.25, 0.3) is 0 Å². The summed E-state index contributed by atoms with van der Waals surface area (Å²) in [6.07, 6.45) is -3.69. The number of anilines is 1. The van der Waals surface area contributed by atoms with Gasteiger partial charge in [0.25, 0.3) is 0 Å². The molecule has 1 aromatic carbocycles. The zero-order chi connectivity index (χ0) is 14.8. The van der Waals surface area contributed by atoms with Crippen LogP contribution in [0, 0.1) is 0 Å². The molecule has 20 heavy (non-hydrogen) atoms. The van der Waals surface area contributed by atoms with E-state index in [4.69, 9.17) is 0 Å². The molecule has 0 aliphatic carbocycles. The molecule has 2 unspecified atom stereocenters. The van der Waals surface area contributed by atoms with Gasteiger partial charge in [-0.05, 0) is 25.5 Å². The highest BCUT2D eigenvalue weighted by Crippen LogP contribution is 2.28. The Balaban J connectivity index is 2.08. The van der Waals surface area contributed by atoms with Crippen molar-refractivity contribution in [2.75, 3.05) is 5.32 Å². The lowest BCUT2D eigenvalue weighted by molar-refractivity contribution is -0.274. The molecule has 3 nitrogen and oxygen atoms in total. The van der Waals surface area contributed by atoms with Gasteiger partial charge in [0.2, 0.25) is 0 Å². The minimum Gasteiger partial charge on any atom is -0.406 e. The van der Waals surface area contributed by atoms with Gasteiger partial charge in [0.15, 0.2) is 5.17 Å². The smallest absolute Gasteiger partial charge is 0.406 e. The number of nitrogens with zero attached hydrogens (tertiary/aromatic N) is 1. The standard InChI is InChI=1S/C13H15F3N2OS/c1-8-6-9(2)20-12(17-8)18-10-4-3-5-11(7-10)19-13(14,15)16/h3-5,7-9H,6H2,1-2H3,(H,17,18). The first-order valence-electron chi connectivity index (χ1n) is 6.19. The summed E-state index contributed by atoms with van der Waals surface area (Å²) in [4.78, 5) is 4.44. The first-order chi connectivity index (χ1) is 9.32. The van der Waals surface area contributed by atoms with Gasteiger partial charge >= 0.3 is 6.36 Å². The summed E-state index contributed by atoms with van der Waals surface area (Å²) < 4.78 is 40.4. The van der Waals surface area contributed by atoms with Gasteiger partial charge in [-0.15, -0.1) is 13.2 Å². The molecule has 0 saturated carbocycles. The number of nitrogens with one attached hydrogen (secondary N) is 1. The second-order valence-electron chi connectivity index (χ2n) is 4.65. The van der Waals surface area contributed by atoms with E-state index in [1.807, 2.05) is 6.92 Å². The molecule has 2 rings (SSSR count). The lowest BCUT2D eigenvalue weighted by Gasteiger charge is -2.23. The van der Waals surface area contributed by atoms with Crippen LogP contribution in [0.3, 0.4) is 0 Å². The average Bonchev–Trinajstić information content (AvgIpc) is 2.25. The van der Waals surface area contributed by atoms with Crippen molar-refractivity contribution in [2.45, 2.75) is 37.9 Å². The van der Waals surface area contributed by atoms with Gasteiger partial charge in [-0.1, -0.05) is 24.8 Å². The number of alkyl halides is 3. The number of aliphatic imine (C=N–C) groups is 1. The van der Waals surface area contributed by atoms with E-state index in [2.05, 4.69) is 22.0 Å². The third-order valence-electron chi connectivity index (χ3n) is 2.64. The van der Waals surface area contributed by atoms with Crippen LogP contribution in [-0.4, -0.2) is 22.8 Å². The largest absolute Gasteiger partial charge is 0.573 e. The number of halogens is 3. The molecule has 1 heterocycles. The predicted octanol–water partition coefficient (Wildman–Crippen LogP) is 4.27. The summed E-state index contributed by atoms with van der Waals surface area (Å²) in [5.41, 5.74) is 0.527. The Kier molecular flexibility index (Phi) is 4.47. The molecule has 0 bridgehead atoms. The van der Waals surface area contributed by atoms with Gasteiger partial charge in [-0.2, -0.15) is 0 Å². The van der Waals surface area contributed by atoms with Crippen LogP contribution < -0.4 is 10.1 Å². The molecule has 0 aromatic heterocycles. The van der Waals surface area contributed by atoms with E-state index in [0.717, 1.165) is 11.6 Å². The number of ether oxygens (including phenoxy) is 1. The van der Waals surface area contributed by atoms with Crippen molar-refractivity contribution in [1.82, 2.24) is 0 Å². The maximum Gasteiger partial charge on any atom is 0.573 e. The van der Waals surface area contributed by atoms with Crippen molar-refractivity contribution in [1.29, 1.82) is 0 Å². The van der Waals surface area contributed by atoms with Gasteiger partial charge in [0.1, 0.15) is 5.75 Å². The second-order valence-corrected chi connectivity index (χ2v) is 6.08. The summed E-state index contributed by atoms with van der Waals surface area (Å²) in [5, 5.41) is 4.19. The summed E-state index contributed by atoms with van der Waals surface area (Å²) in [6, 6.07) is 5.96. The number of hydrogen-bond acceptors (Lipinski definition) is 4. The topological polar surface area (TPSA) is 33.6 Å². The van der Waals surface area contributed by atoms with Crippen molar-refractivity contribution < 1.29 is 17.9 Å². The summed E-state index contributed by atoms with van der Waals surface area (Å²) in [7, 11) is 0. The number of amidine groups is 1. The molecular formula is C13H15F3N2OS. The minimum atomic E-state index is -4.68. The van der Waals surface area contributed by atoms with Crippen molar-refractivity contribution in [3.05, 3.63) is 24.3 Å². The van der Waals surface area contributed by atoms with Gasteiger partial charge in [0, 0.05) is 17.0 Å². The molecule has 1 aromatic rings. The quantitative estimate of drug-likeness (QED) is 0.886. The fourth-order valence-electron chi connectivity index (χ4n) is 1.96. The van der Waals surface area contributed by atoms with Crippen molar-refractivity contribution in [3.63, 3.8) is 0 Å². The van der Waals surface area contributed by atoms with Crippen LogP contribution in [-0.2, 0) is 0 Å². The lowest BCUT2D eigenvalue weighted by atomic mass is 10.2. The molecule has 2 atom stereocenters. The molecule has 7 heteroatoms. The van der Waals surface area contributed by atoms with Crippen molar-refractivity contribution in [2.24, 2.45) is 4.99 Å². The summed E-state index contributed by atoms with van der Waals surface area (Å²) in [5.74, 6) is -0.245. The van der Waals surface area contributed by atoms with E-state index in [-0.39, 0.29) is 11.8 Å². The Morgan fingerprint density at radius 2 is 2.10 bits per heavy atom. The zero-order valence-corrected chi connectivity index (χ0v) is 11.9. The van der Waals surface area contributed by atoms with Crippen molar-refractivity contribution >= 4 is 22.6 Å². The fourth-order valence-corrected chi connectivity index (χ4v) is 3.13. The van der Waals surface area contributed by atoms with Gasteiger partial charge < -0.3 is 10.1 Å². The molecule has 0 saturated heterocycles. The number of benzene rings is 1. The van der Waals surface area contributed by atoms with Crippen LogP contribution in [0.15, 0.2) is 29.3 Å². The molecule has 1 aliphatic heterocycles. The Morgan fingerprint density at radius 1 is 1.35 bits per heavy atom. The summed E-state index contributed by atoms with van der Waals surface area (Å²) in [6.45, 7) is 4.11. The van der Waals surface area contributed by atoms with E-state index in [1.165, 1.54) is 18.2 Å². The van der Waals surface area contributed by atoms with E-state index in [0.29, 0.717) is 10.9 Å². The first kappa shape index (κ1) is 15.0. The molecule has 0 amide bonds. The van der Waals surface area contributed by atoms with Crippen LogP contribution >= 0.6 is 11.8 Å². The normalized spacial score (nSPS) is 23.1. The third-order valence-corrected chi connectivity index (χ3v) is 3.67. The molecule has 1 N–H and O–H groups in total. The van der Waals surface area contributed by atoms with Crippen LogP contribution in [0.5, 0.6) is 5.75 Å². The van der Waals surface area contributed by atoms with Crippen LogP contribution in [0.2, 0.25) is 0 Å². The maximum atomic E-state index is 12.2. The third kappa shape index (κ3) is 4.63. The highest BCUT2D eigenvalue weighted by atomic mass is 32.2. The highest BCUT2D eigenvalue weighted by Gasteiger charge is 2.31. The Bertz CT molecular complexity index is 505. The van der Waals surface area contributed by atoms with Crippen LogP contribution in [0.4, 0.5) is 18.9 Å². The first-order valence-corrected chi connectivity index (χ1v) is 7.07. The molecular weight excluding hydrogens is 289 g/mol. The average molecular weight is 304 g/mol. The molecule has 110 valence electrons. The predicted molar refractivity (Wildman–Crippen MR) is 75.3 cm³/mol. The zero-order valence-electron chi connectivity index (χ0n) is 11.1. The summed E-state index contributed by atoms with van der Waals surface area (Å²) >= 11 is 1.58. The van der Waals surface area contributed by atoms with Gasteiger partial charge in [-0.3, -0.25) is 4.99 Å². The molecule has 1 aliphatic rings. The van der Waals surface area contributed by atoms with E-state index in [9.17, 15) is 13.2 Å². The molecule has 0 radical (unpaired) electrons. The Morgan fingerprint density at radius 3 is 2.75 bits per heavy atom. The van der Waals surface area contributed by atoms with Gasteiger partial charge in [-0.25, -0.2) is 0 Å². The second kappa shape index (κ2) is 5.95. The van der Waals surface area contributed by atoms with E-state index < -0.39 is 6.36 Å². The highest BCUT2D eigenvalue weighted by molar-refractivity contribution is 8.14. The minimum absolute atomic E-state index is 0.211. The lowest BCUT2D eigenvalue weighted by Crippen LogP contribution is -2.22.